The van der Waals surface area contributed by atoms with Gasteiger partial charge in [0.15, 0.2) is 0 Å². The summed E-state index contributed by atoms with van der Waals surface area (Å²) >= 11 is 5.74. The third-order valence-electron chi connectivity index (χ3n) is 2.99. The maximum atomic E-state index is 13.2. The molecular formula is C15H13ClFN3O3. The van der Waals surface area contributed by atoms with Crippen molar-refractivity contribution in [2.75, 3.05) is 18.4 Å². The second-order valence-corrected chi connectivity index (χ2v) is 5.04. The lowest BCUT2D eigenvalue weighted by Crippen LogP contribution is -2.28. The van der Waals surface area contributed by atoms with E-state index in [0.29, 0.717) is 10.6 Å². The Labute approximate surface area is 136 Å². The number of nitro benzene ring substituents is 1. The van der Waals surface area contributed by atoms with E-state index >= 15 is 0 Å². The van der Waals surface area contributed by atoms with Crippen LogP contribution in [0.1, 0.15) is 10.4 Å². The molecule has 0 saturated carbocycles. The van der Waals surface area contributed by atoms with E-state index in [4.69, 9.17) is 11.6 Å². The molecule has 0 aromatic heterocycles. The number of amides is 1. The molecule has 0 radical (unpaired) electrons. The zero-order chi connectivity index (χ0) is 16.8. The minimum absolute atomic E-state index is 0.0655. The molecule has 2 rings (SSSR count). The van der Waals surface area contributed by atoms with Gasteiger partial charge in [0.05, 0.1) is 4.92 Å². The molecule has 2 aromatic carbocycles. The van der Waals surface area contributed by atoms with Crippen molar-refractivity contribution < 1.29 is 14.1 Å². The normalized spacial score (nSPS) is 10.2. The maximum Gasteiger partial charge on any atom is 0.292 e. The van der Waals surface area contributed by atoms with Crippen LogP contribution in [-0.2, 0) is 0 Å². The second-order valence-electron chi connectivity index (χ2n) is 4.61. The first kappa shape index (κ1) is 16.7. The molecule has 0 aliphatic heterocycles. The number of hydrogen-bond acceptors (Lipinski definition) is 4. The molecule has 1 amide bonds. The number of carbonyl (C=O) groups excluding carboxylic acids is 1. The number of nitrogens with one attached hydrogen (secondary N) is 2. The number of anilines is 1. The minimum atomic E-state index is -0.603. The Kier molecular flexibility index (Phi) is 5.48. The minimum Gasteiger partial charge on any atom is -0.378 e. The first-order valence-corrected chi connectivity index (χ1v) is 7.07. The van der Waals surface area contributed by atoms with Crippen LogP contribution in [0.5, 0.6) is 0 Å². The van der Waals surface area contributed by atoms with E-state index < -0.39 is 10.7 Å². The van der Waals surface area contributed by atoms with E-state index in [1.54, 1.807) is 24.3 Å². The number of halogens is 2. The molecule has 2 aromatic rings. The first-order chi connectivity index (χ1) is 11.0. The highest BCUT2D eigenvalue weighted by atomic mass is 35.5. The van der Waals surface area contributed by atoms with E-state index in [0.717, 1.165) is 18.2 Å². The fourth-order valence-electron chi connectivity index (χ4n) is 1.89. The Bertz CT molecular complexity index is 722. The van der Waals surface area contributed by atoms with Crippen molar-refractivity contribution in [1.82, 2.24) is 5.32 Å². The molecule has 0 fully saturated rings. The maximum absolute atomic E-state index is 13.2. The first-order valence-electron chi connectivity index (χ1n) is 6.69. The summed E-state index contributed by atoms with van der Waals surface area (Å²) in [5.74, 6) is -0.875. The van der Waals surface area contributed by atoms with Crippen molar-refractivity contribution in [1.29, 1.82) is 0 Å². The molecule has 0 heterocycles. The summed E-state index contributed by atoms with van der Waals surface area (Å²) in [6.07, 6.45) is 0. The van der Waals surface area contributed by atoms with Crippen LogP contribution in [-0.4, -0.2) is 23.9 Å². The van der Waals surface area contributed by atoms with Gasteiger partial charge in [-0.15, -0.1) is 0 Å². The summed E-state index contributed by atoms with van der Waals surface area (Å²) in [4.78, 5) is 22.1. The Morgan fingerprint density at radius 1 is 1.17 bits per heavy atom. The zero-order valence-electron chi connectivity index (χ0n) is 11.9. The molecule has 0 saturated heterocycles. The van der Waals surface area contributed by atoms with Crippen LogP contribution in [0.4, 0.5) is 15.8 Å². The summed E-state index contributed by atoms with van der Waals surface area (Å²) in [5.41, 5.74) is 0.289. The largest absolute Gasteiger partial charge is 0.378 e. The van der Waals surface area contributed by atoms with Gasteiger partial charge in [0.25, 0.3) is 11.6 Å². The average molecular weight is 338 g/mol. The molecule has 2 N–H and O–H groups in total. The van der Waals surface area contributed by atoms with Crippen LogP contribution in [0.25, 0.3) is 0 Å². The number of nitro groups is 1. The summed E-state index contributed by atoms with van der Waals surface area (Å²) in [5, 5.41) is 16.8. The molecule has 0 aliphatic carbocycles. The van der Waals surface area contributed by atoms with Crippen molar-refractivity contribution in [3.8, 4) is 0 Å². The van der Waals surface area contributed by atoms with Crippen molar-refractivity contribution in [2.45, 2.75) is 0 Å². The number of benzene rings is 2. The summed E-state index contributed by atoms with van der Waals surface area (Å²) in [6.45, 7) is 0.429. The molecule has 0 unspecified atom stereocenters. The van der Waals surface area contributed by atoms with Gasteiger partial charge in [-0.05, 0) is 30.3 Å². The second kappa shape index (κ2) is 7.55. The molecule has 23 heavy (non-hydrogen) atoms. The van der Waals surface area contributed by atoms with Gasteiger partial charge in [-0.1, -0.05) is 11.6 Å². The molecule has 8 heteroatoms. The molecule has 0 aliphatic rings. The van der Waals surface area contributed by atoms with Gasteiger partial charge in [0, 0.05) is 35.8 Å². The predicted octanol–water partition coefficient (Wildman–Crippen LogP) is 3.23. The number of carbonyl (C=O) groups is 1. The van der Waals surface area contributed by atoms with Crippen molar-refractivity contribution >= 4 is 28.9 Å². The van der Waals surface area contributed by atoms with Gasteiger partial charge in [0.1, 0.15) is 11.5 Å². The Morgan fingerprint density at radius 2 is 1.87 bits per heavy atom. The van der Waals surface area contributed by atoms with Gasteiger partial charge < -0.3 is 10.6 Å². The van der Waals surface area contributed by atoms with Crippen molar-refractivity contribution in [2.24, 2.45) is 0 Å². The molecule has 120 valence electrons. The Morgan fingerprint density at radius 3 is 2.52 bits per heavy atom. The molecular weight excluding hydrogens is 325 g/mol. The van der Waals surface area contributed by atoms with Crippen LogP contribution < -0.4 is 10.6 Å². The standard InChI is InChI=1S/C15H13ClFN3O3/c16-11-3-1-10(2-4-11)15(21)19-8-7-18-13-9-12(17)5-6-14(13)20(22)23/h1-6,9,18H,7-8H2,(H,19,21). The van der Waals surface area contributed by atoms with Crippen LogP contribution in [0.15, 0.2) is 42.5 Å². The quantitative estimate of drug-likeness (QED) is 0.481. The van der Waals surface area contributed by atoms with E-state index in [-0.39, 0.29) is 30.4 Å². The highest BCUT2D eigenvalue weighted by Gasteiger charge is 2.14. The highest BCUT2D eigenvalue weighted by Crippen LogP contribution is 2.24. The molecule has 0 bridgehead atoms. The number of nitrogens with zero attached hydrogens (tertiary/aromatic N) is 1. The predicted molar refractivity (Wildman–Crippen MR) is 85.3 cm³/mol. The average Bonchev–Trinajstić information content (AvgIpc) is 2.51. The van der Waals surface area contributed by atoms with Crippen molar-refractivity contribution in [3.05, 3.63) is 69.0 Å². The number of hydrogen-bond donors (Lipinski definition) is 2. The third kappa shape index (κ3) is 4.65. The fraction of sp³-hybridized carbons (Fsp3) is 0.133. The Balaban J connectivity index is 1.88. The topological polar surface area (TPSA) is 84.3 Å². The monoisotopic (exact) mass is 337 g/mol. The summed E-state index contributed by atoms with van der Waals surface area (Å²) in [7, 11) is 0. The fourth-order valence-corrected chi connectivity index (χ4v) is 2.01. The van der Waals surface area contributed by atoms with Crippen LogP contribution in [0.2, 0.25) is 5.02 Å². The Hall–Kier alpha value is -2.67. The van der Waals surface area contributed by atoms with E-state index in [1.165, 1.54) is 0 Å². The van der Waals surface area contributed by atoms with Gasteiger partial charge in [-0.2, -0.15) is 0 Å². The highest BCUT2D eigenvalue weighted by molar-refractivity contribution is 6.30. The molecule has 0 atom stereocenters. The molecule has 6 nitrogen and oxygen atoms in total. The summed E-state index contributed by atoms with van der Waals surface area (Å²) < 4.78 is 13.2. The van der Waals surface area contributed by atoms with E-state index in [9.17, 15) is 19.3 Å². The van der Waals surface area contributed by atoms with Gasteiger partial charge >= 0.3 is 0 Å². The van der Waals surface area contributed by atoms with Crippen LogP contribution in [0.3, 0.4) is 0 Å². The number of rotatable bonds is 6. The lowest BCUT2D eigenvalue weighted by molar-refractivity contribution is -0.384. The van der Waals surface area contributed by atoms with Gasteiger partial charge in [0.2, 0.25) is 0 Å². The van der Waals surface area contributed by atoms with Crippen LogP contribution in [0, 0.1) is 15.9 Å². The lowest BCUT2D eigenvalue weighted by atomic mass is 10.2. The van der Waals surface area contributed by atoms with Gasteiger partial charge in [-0.3, -0.25) is 14.9 Å². The van der Waals surface area contributed by atoms with Crippen LogP contribution >= 0.6 is 11.6 Å². The smallest absolute Gasteiger partial charge is 0.292 e. The SMILES string of the molecule is O=C(NCCNc1cc(F)ccc1[N+](=O)[O-])c1ccc(Cl)cc1. The van der Waals surface area contributed by atoms with E-state index in [1.807, 2.05) is 0 Å². The zero-order valence-corrected chi connectivity index (χ0v) is 12.6. The lowest BCUT2D eigenvalue weighted by Gasteiger charge is -2.09. The van der Waals surface area contributed by atoms with Gasteiger partial charge in [-0.25, -0.2) is 4.39 Å². The van der Waals surface area contributed by atoms with Crippen molar-refractivity contribution in [3.63, 3.8) is 0 Å². The third-order valence-corrected chi connectivity index (χ3v) is 3.24. The summed E-state index contributed by atoms with van der Waals surface area (Å²) in [6, 6.07) is 9.52. The molecule has 0 spiro atoms. The van der Waals surface area contributed by atoms with E-state index in [2.05, 4.69) is 10.6 Å².